The fourth-order valence-corrected chi connectivity index (χ4v) is 3.85. The minimum absolute atomic E-state index is 0.0144. The van der Waals surface area contributed by atoms with E-state index in [1.807, 2.05) is 60.8 Å². The van der Waals surface area contributed by atoms with Crippen LogP contribution in [0.25, 0.3) is 11.1 Å². The Labute approximate surface area is 172 Å². The van der Waals surface area contributed by atoms with Gasteiger partial charge in [0.1, 0.15) is 0 Å². The molecule has 1 fully saturated rings. The minimum Gasteiger partial charge on any atom is -0.352 e. The van der Waals surface area contributed by atoms with E-state index in [2.05, 4.69) is 33.4 Å². The van der Waals surface area contributed by atoms with Gasteiger partial charge in [-0.05, 0) is 67.2 Å². The fourth-order valence-electron chi connectivity index (χ4n) is 3.85. The molecule has 29 heavy (non-hydrogen) atoms. The molecule has 4 nitrogen and oxygen atoms in total. The van der Waals surface area contributed by atoms with E-state index in [9.17, 15) is 4.79 Å². The van der Waals surface area contributed by atoms with Crippen LogP contribution in [0.3, 0.4) is 0 Å². The van der Waals surface area contributed by atoms with Gasteiger partial charge in [0.15, 0.2) is 0 Å². The van der Waals surface area contributed by atoms with Gasteiger partial charge in [-0.3, -0.25) is 14.7 Å². The number of likely N-dealkylation sites (tertiary alicyclic amines) is 1. The third-order valence-corrected chi connectivity index (χ3v) is 5.62. The minimum atomic E-state index is 0.0144. The van der Waals surface area contributed by atoms with Crippen molar-refractivity contribution in [3.05, 3.63) is 90.3 Å². The summed E-state index contributed by atoms with van der Waals surface area (Å²) in [6.07, 6.45) is 4.07. The summed E-state index contributed by atoms with van der Waals surface area (Å²) in [6, 6.07) is 24.1. The highest BCUT2D eigenvalue weighted by Crippen LogP contribution is 2.20. The summed E-state index contributed by atoms with van der Waals surface area (Å²) in [4.78, 5) is 19.4. The van der Waals surface area contributed by atoms with Crippen LogP contribution in [-0.2, 0) is 6.54 Å². The average Bonchev–Trinajstić information content (AvgIpc) is 2.80. The molecule has 0 atom stereocenters. The molecule has 0 spiro atoms. The highest BCUT2D eigenvalue weighted by atomic mass is 16.1. The quantitative estimate of drug-likeness (QED) is 0.684. The van der Waals surface area contributed by atoms with Crippen LogP contribution >= 0.6 is 0 Å². The molecular weight excluding hydrogens is 358 g/mol. The molecule has 1 aliphatic heterocycles. The molecule has 1 N–H and O–H groups in total. The molecule has 4 heteroatoms. The zero-order valence-electron chi connectivity index (χ0n) is 16.6. The van der Waals surface area contributed by atoms with Crippen molar-refractivity contribution in [2.45, 2.75) is 19.4 Å². The van der Waals surface area contributed by atoms with Gasteiger partial charge in [-0.15, -0.1) is 0 Å². The first-order valence-electron chi connectivity index (χ1n) is 10.3. The molecule has 1 aliphatic rings. The summed E-state index contributed by atoms with van der Waals surface area (Å²) in [5.41, 5.74) is 4.13. The summed E-state index contributed by atoms with van der Waals surface area (Å²) < 4.78 is 0. The number of hydrogen-bond acceptors (Lipinski definition) is 3. The molecule has 148 valence electrons. The maximum absolute atomic E-state index is 12.5. The maximum Gasteiger partial charge on any atom is 0.251 e. The Hall–Kier alpha value is -2.98. The number of amides is 1. The molecule has 2 heterocycles. The van der Waals surface area contributed by atoms with Gasteiger partial charge >= 0.3 is 0 Å². The van der Waals surface area contributed by atoms with E-state index in [4.69, 9.17) is 0 Å². The molecule has 0 aliphatic carbocycles. The Balaban J connectivity index is 1.23. The molecule has 1 amide bonds. The van der Waals surface area contributed by atoms with Gasteiger partial charge in [-0.2, -0.15) is 0 Å². The molecule has 0 bridgehead atoms. The predicted molar refractivity (Wildman–Crippen MR) is 116 cm³/mol. The van der Waals surface area contributed by atoms with Gasteiger partial charge < -0.3 is 5.32 Å². The normalized spacial score (nSPS) is 15.2. The number of benzene rings is 2. The lowest BCUT2D eigenvalue weighted by atomic mass is 9.96. The van der Waals surface area contributed by atoms with E-state index in [1.165, 1.54) is 0 Å². The fraction of sp³-hybridized carbons (Fsp3) is 0.280. The van der Waals surface area contributed by atoms with Crippen LogP contribution in [0.5, 0.6) is 0 Å². The van der Waals surface area contributed by atoms with Gasteiger partial charge in [-0.25, -0.2) is 0 Å². The summed E-state index contributed by atoms with van der Waals surface area (Å²) in [6.45, 7) is 3.77. The second kappa shape index (κ2) is 9.48. The van der Waals surface area contributed by atoms with Gasteiger partial charge in [-0.1, -0.05) is 48.5 Å². The molecule has 2 aromatic carbocycles. The number of carbonyl (C=O) groups excluding carboxylic acids is 1. The van der Waals surface area contributed by atoms with Crippen LogP contribution in [0.15, 0.2) is 79.0 Å². The van der Waals surface area contributed by atoms with Crippen molar-refractivity contribution < 1.29 is 4.79 Å². The van der Waals surface area contributed by atoms with Crippen molar-refractivity contribution in [3.8, 4) is 11.1 Å². The van der Waals surface area contributed by atoms with Crippen LogP contribution in [0.4, 0.5) is 0 Å². The molecule has 3 aromatic rings. The van der Waals surface area contributed by atoms with Gasteiger partial charge in [0, 0.05) is 24.8 Å². The van der Waals surface area contributed by atoms with E-state index in [0.717, 1.165) is 61.4 Å². The van der Waals surface area contributed by atoms with Crippen LogP contribution < -0.4 is 5.32 Å². The van der Waals surface area contributed by atoms with Crippen molar-refractivity contribution in [2.24, 2.45) is 5.92 Å². The lowest BCUT2D eigenvalue weighted by Crippen LogP contribution is -2.38. The van der Waals surface area contributed by atoms with Crippen molar-refractivity contribution >= 4 is 5.91 Å². The van der Waals surface area contributed by atoms with Crippen LogP contribution in [0, 0.1) is 5.92 Å². The van der Waals surface area contributed by atoms with Gasteiger partial charge in [0.05, 0.1) is 5.69 Å². The largest absolute Gasteiger partial charge is 0.352 e. The Morgan fingerprint density at radius 2 is 1.59 bits per heavy atom. The maximum atomic E-state index is 12.5. The molecule has 0 unspecified atom stereocenters. The van der Waals surface area contributed by atoms with Crippen molar-refractivity contribution in [2.75, 3.05) is 19.6 Å². The third kappa shape index (κ3) is 5.30. The number of pyridine rings is 1. The number of aromatic nitrogens is 1. The van der Waals surface area contributed by atoms with E-state index < -0.39 is 0 Å². The van der Waals surface area contributed by atoms with Crippen LogP contribution in [-0.4, -0.2) is 35.4 Å². The Kier molecular flexibility index (Phi) is 6.32. The lowest BCUT2D eigenvalue weighted by Gasteiger charge is -2.31. The third-order valence-electron chi connectivity index (χ3n) is 5.62. The van der Waals surface area contributed by atoms with Crippen LogP contribution in [0.1, 0.15) is 28.9 Å². The number of piperidine rings is 1. The summed E-state index contributed by atoms with van der Waals surface area (Å²) in [7, 11) is 0. The first-order chi connectivity index (χ1) is 14.3. The Morgan fingerprint density at radius 3 is 2.28 bits per heavy atom. The van der Waals surface area contributed by atoms with Crippen LogP contribution in [0.2, 0.25) is 0 Å². The first-order valence-corrected chi connectivity index (χ1v) is 10.3. The smallest absolute Gasteiger partial charge is 0.251 e. The Bertz CT molecular complexity index is 902. The second-order valence-electron chi connectivity index (χ2n) is 7.69. The van der Waals surface area contributed by atoms with E-state index in [0.29, 0.717) is 5.92 Å². The van der Waals surface area contributed by atoms with Crippen molar-refractivity contribution in [1.82, 2.24) is 15.2 Å². The molecular formula is C25H27N3O. The van der Waals surface area contributed by atoms with Gasteiger partial charge in [0.2, 0.25) is 0 Å². The standard InChI is InChI=1S/C25H27N3O/c29-25(23-11-9-22(10-12-23)21-6-2-1-3-7-21)27-18-20-13-16-28(17-14-20)19-24-8-4-5-15-26-24/h1-12,15,20H,13-14,16-19H2,(H,27,29). The number of carbonyl (C=O) groups is 1. The second-order valence-corrected chi connectivity index (χ2v) is 7.69. The number of nitrogens with one attached hydrogen (secondary N) is 1. The summed E-state index contributed by atoms with van der Waals surface area (Å²) >= 11 is 0. The molecule has 0 saturated carbocycles. The number of nitrogens with zero attached hydrogens (tertiary/aromatic N) is 2. The predicted octanol–water partition coefficient (Wildman–Crippen LogP) is 4.39. The summed E-state index contributed by atoms with van der Waals surface area (Å²) in [5.74, 6) is 0.558. The molecule has 1 saturated heterocycles. The molecule has 4 rings (SSSR count). The van der Waals surface area contributed by atoms with Gasteiger partial charge in [0.25, 0.3) is 5.91 Å². The Morgan fingerprint density at radius 1 is 0.897 bits per heavy atom. The zero-order chi connectivity index (χ0) is 19.9. The van der Waals surface area contributed by atoms with Crippen molar-refractivity contribution in [1.29, 1.82) is 0 Å². The monoisotopic (exact) mass is 385 g/mol. The van der Waals surface area contributed by atoms with E-state index >= 15 is 0 Å². The highest BCUT2D eigenvalue weighted by molar-refractivity contribution is 5.94. The van der Waals surface area contributed by atoms with E-state index in [-0.39, 0.29) is 5.91 Å². The van der Waals surface area contributed by atoms with Crippen molar-refractivity contribution in [3.63, 3.8) is 0 Å². The SMILES string of the molecule is O=C(NCC1CCN(Cc2ccccn2)CC1)c1ccc(-c2ccccc2)cc1. The lowest BCUT2D eigenvalue weighted by molar-refractivity contribution is 0.0935. The number of hydrogen-bond donors (Lipinski definition) is 1. The summed E-state index contributed by atoms with van der Waals surface area (Å²) in [5, 5.41) is 3.12. The zero-order valence-corrected chi connectivity index (χ0v) is 16.6. The molecule has 0 radical (unpaired) electrons. The molecule has 1 aromatic heterocycles. The topological polar surface area (TPSA) is 45.2 Å². The van der Waals surface area contributed by atoms with E-state index in [1.54, 1.807) is 0 Å². The number of rotatable bonds is 6. The highest BCUT2D eigenvalue weighted by Gasteiger charge is 2.20. The first kappa shape index (κ1) is 19.3. The average molecular weight is 386 g/mol.